The van der Waals surface area contributed by atoms with Crippen molar-refractivity contribution in [2.45, 2.75) is 61.6 Å². The predicted molar refractivity (Wildman–Crippen MR) is 152 cm³/mol. The molecular formula is C31H29F5N4O2S. The lowest BCUT2D eigenvalue weighted by Crippen LogP contribution is -2.53. The highest BCUT2D eigenvalue weighted by Crippen LogP contribution is 2.35. The van der Waals surface area contributed by atoms with Gasteiger partial charge in [0.2, 0.25) is 5.91 Å². The van der Waals surface area contributed by atoms with E-state index < -0.39 is 58.9 Å². The number of halogens is 5. The van der Waals surface area contributed by atoms with E-state index in [1.807, 2.05) is 0 Å². The zero-order valence-corrected chi connectivity index (χ0v) is 24.3. The molecule has 0 aromatic heterocycles. The van der Waals surface area contributed by atoms with Crippen LogP contribution in [0.25, 0.3) is 11.1 Å². The highest BCUT2D eigenvalue weighted by molar-refractivity contribution is 7.84. The minimum atomic E-state index is -4.88. The summed E-state index contributed by atoms with van der Waals surface area (Å²) in [5.41, 5.74) is -0.948. The van der Waals surface area contributed by atoms with Gasteiger partial charge >= 0.3 is 6.18 Å². The van der Waals surface area contributed by atoms with Crippen LogP contribution in [-0.2, 0) is 22.0 Å². The second kappa shape index (κ2) is 13.9. The van der Waals surface area contributed by atoms with Gasteiger partial charge in [0.25, 0.3) is 0 Å². The predicted octanol–water partition coefficient (Wildman–Crippen LogP) is 6.05. The molecular weight excluding hydrogens is 587 g/mol. The highest BCUT2D eigenvalue weighted by atomic mass is 32.2. The van der Waals surface area contributed by atoms with E-state index in [-0.39, 0.29) is 23.1 Å². The van der Waals surface area contributed by atoms with Crippen molar-refractivity contribution in [3.63, 3.8) is 0 Å². The Morgan fingerprint density at radius 3 is 2.00 bits per heavy atom. The molecule has 2 N–H and O–H groups in total. The van der Waals surface area contributed by atoms with Crippen LogP contribution in [0, 0.1) is 28.5 Å². The minimum absolute atomic E-state index is 0.00651. The lowest BCUT2D eigenvalue weighted by atomic mass is 9.96. The number of hydrogen-bond donors (Lipinski definition) is 2. The Labute approximate surface area is 249 Å². The molecule has 12 heteroatoms. The number of alkyl halides is 4. The van der Waals surface area contributed by atoms with E-state index in [9.17, 15) is 36.2 Å². The third-order valence-corrected chi connectivity index (χ3v) is 7.48. The Kier molecular flexibility index (Phi) is 10.8. The fourth-order valence-electron chi connectivity index (χ4n) is 4.40. The van der Waals surface area contributed by atoms with E-state index in [1.54, 1.807) is 36.4 Å². The summed E-state index contributed by atoms with van der Waals surface area (Å²) in [5, 5.41) is 23.0. The molecule has 0 aliphatic heterocycles. The minimum Gasteiger partial charge on any atom is -0.339 e. The summed E-state index contributed by atoms with van der Waals surface area (Å²) in [4.78, 5) is 13.8. The van der Waals surface area contributed by atoms with Crippen molar-refractivity contribution in [3.8, 4) is 23.3 Å². The van der Waals surface area contributed by atoms with Gasteiger partial charge in [-0.15, -0.1) is 0 Å². The van der Waals surface area contributed by atoms with Gasteiger partial charge in [-0.05, 0) is 60.4 Å². The number of amides is 1. The lowest BCUT2D eigenvalue weighted by molar-refractivity contribution is -0.161. The molecule has 0 fully saturated rings. The number of nitrogens with one attached hydrogen (secondary N) is 2. The zero-order chi connectivity index (χ0) is 31.9. The maximum atomic E-state index is 14.7. The van der Waals surface area contributed by atoms with Gasteiger partial charge in [-0.2, -0.15) is 23.7 Å². The molecule has 0 bridgehead atoms. The van der Waals surface area contributed by atoms with Crippen molar-refractivity contribution in [1.29, 1.82) is 10.5 Å². The van der Waals surface area contributed by atoms with Crippen LogP contribution in [0.15, 0.2) is 71.6 Å². The standard InChI is InChI=1S/C31H29F5N4O2S/c1-30(2,33)16-27(29(41)39-24(18-38)15-23-5-4-19(17-37)14-26(23)32)40-28(31(34,35)36)22-8-6-20(7-9-22)21-10-12-25(13-11-21)43(3)42/h4-14,24,27-28,40H,15-16H2,1-3H3,(H,39,41)/t24-,27-,28-,43?/m0/s1. The average molecular weight is 617 g/mol. The molecule has 0 saturated carbocycles. The largest absolute Gasteiger partial charge is 0.407 e. The second-order valence-electron chi connectivity index (χ2n) is 10.5. The fourth-order valence-corrected chi connectivity index (χ4v) is 4.92. The van der Waals surface area contributed by atoms with Crippen LogP contribution in [0.4, 0.5) is 22.0 Å². The topological polar surface area (TPSA) is 106 Å². The smallest absolute Gasteiger partial charge is 0.339 e. The van der Waals surface area contributed by atoms with Crippen LogP contribution < -0.4 is 10.6 Å². The maximum absolute atomic E-state index is 14.7. The van der Waals surface area contributed by atoms with E-state index in [2.05, 4.69) is 10.6 Å². The molecule has 1 amide bonds. The quantitative estimate of drug-likeness (QED) is 0.255. The number of rotatable bonds is 11. The van der Waals surface area contributed by atoms with Crippen LogP contribution in [0.5, 0.6) is 0 Å². The first-order valence-corrected chi connectivity index (χ1v) is 14.6. The van der Waals surface area contributed by atoms with Gasteiger partial charge in [0.1, 0.15) is 23.6 Å². The third-order valence-electron chi connectivity index (χ3n) is 6.54. The summed E-state index contributed by atoms with van der Waals surface area (Å²) in [6.07, 6.45) is -4.34. The van der Waals surface area contributed by atoms with Gasteiger partial charge in [-0.1, -0.05) is 42.5 Å². The van der Waals surface area contributed by atoms with Crippen LogP contribution in [0.3, 0.4) is 0 Å². The van der Waals surface area contributed by atoms with Crippen molar-refractivity contribution in [3.05, 3.63) is 89.2 Å². The molecule has 3 rings (SSSR count). The van der Waals surface area contributed by atoms with Gasteiger partial charge < -0.3 is 5.32 Å². The van der Waals surface area contributed by atoms with Crippen molar-refractivity contribution in [2.75, 3.05) is 6.26 Å². The van der Waals surface area contributed by atoms with Crippen molar-refractivity contribution in [2.24, 2.45) is 0 Å². The lowest BCUT2D eigenvalue weighted by Gasteiger charge is -2.30. The molecule has 6 nitrogen and oxygen atoms in total. The van der Waals surface area contributed by atoms with Gasteiger partial charge in [0, 0.05) is 34.8 Å². The molecule has 0 heterocycles. The van der Waals surface area contributed by atoms with Gasteiger partial charge in [-0.25, -0.2) is 8.78 Å². The summed E-state index contributed by atoms with van der Waals surface area (Å²) in [6, 6.07) is 13.8. The molecule has 0 spiro atoms. The molecule has 4 atom stereocenters. The normalized spacial score (nSPS) is 14.6. The van der Waals surface area contributed by atoms with Gasteiger partial charge in [-0.3, -0.25) is 14.3 Å². The highest BCUT2D eigenvalue weighted by Gasteiger charge is 2.44. The molecule has 3 aromatic rings. The number of benzene rings is 3. The summed E-state index contributed by atoms with van der Waals surface area (Å²) in [5.74, 6) is -1.85. The zero-order valence-electron chi connectivity index (χ0n) is 23.5. The average Bonchev–Trinajstić information content (AvgIpc) is 2.94. The number of nitriles is 2. The van der Waals surface area contributed by atoms with Crippen LogP contribution in [0.2, 0.25) is 0 Å². The Bertz CT molecular complexity index is 1540. The summed E-state index contributed by atoms with van der Waals surface area (Å²) >= 11 is 0. The van der Waals surface area contributed by atoms with Crippen LogP contribution in [0.1, 0.15) is 43.0 Å². The van der Waals surface area contributed by atoms with Crippen molar-refractivity contribution >= 4 is 16.7 Å². The monoisotopic (exact) mass is 616 g/mol. The molecule has 0 aliphatic rings. The molecule has 43 heavy (non-hydrogen) atoms. The number of nitrogens with zero attached hydrogens (tertiary/aromatic N) is 2. The van der Waals surface area contributed by atoms with E-state index >= 15 is 0 Å². The first-order valence-electron chi connectivity index (χ1n) is 13.1. The van der Waals surface area contributed by atoms with Gasteiger partial charge in [0.05, 0.1) is 23.7 Å². The van der Waals surface area contributed by atoms with Crippen LogP contribution in [-0.4, -0.2) is 40.3 Å². The molecule has 226 valence electrons. The van der Waals surface area contributed by atoms with Crippen molar-refractivity contribution < 1.29 is 31.0 Å². The molecule has 0 radical (unpaired) electrons. The Morgan fingerprint density at radius 2 is 1.53 bits per heavy atom. The van der Waals surface area contributed by atoms with E-state index in [1.165, 1.54) is 42.7 Å². The van der Waals surface area contributed by atoms with E-state index in [0.29, 0.717) is 16.0 Å². The molecule has 3 aromatic carbocycles. The van der Waals surface area contributed by atoms with Crippen LogP contribution >= 0.6 is 0 Å². The second-order valence-corrected chi connectivity index (χ2v) is 11.9. The van der Waals surface area contributed by atoms with Crippen molar-refractivity contribution in [1.82, 2.24) is 10.6 Å². The molecule has 0 aliphatic carbocycles. The number of carbonyl (C=O) groups excluding carboxylic acids is 1. The first-order chi connectivity index (χ1) is 20.1. The summed E-state index contributed by atoms with van der Waals surface area (Å²) < 4.78 is 83.6. The van der Waals surface area contributed by atoms with E-state index in [0.717, 1.165) is 19.9 Å². The maximum Gasteiger partial charge on any atom is 0.407 e. The third kappa shape index (κ3) is 9.43. The first kappa shape index (κ1) is 33.4. The Balaban J connectivity index is 1.85. The number of carbonyl (C=O) groups is 1. The number of hydrogen-bond acceptors (Lipinski definition) is 5. The Morgan fingerprint density at radius 1 is 0.953 bits per heavy atom. The molecule has 0 saturated heterocycles. The van der Waals surface area contributed by atoms with Gasteiger partial charge in [0.15, 0.2) is 0 Å². The summed E-state index contributed by atoms with van der Waals surface area (Å²) in [6.45, 7) is 2.22. The fraction of sp³-hybridized carbons (Fsp3) is 0.323. The van der Waals surface area contributed by atoms with E-state index in [4.69, 9.17) is 5.26 Å². The molecule has 1 unspecified atom stereocenters. The SMILES string of the molecule is CS(=O)c1ccc(-c2ccc([C@H](N[C@@H](CC(C)(C)F)C(=O)N[C@H](C#N)Cc3ccc(C#N)cc3F)C(F)(F)F)cc2)cc1. The Hall–Kier alpha value is -4.13. The summed E-state index contributed by atoms with van der Waals surface area (Å²) in [7, 11) is -1.19.